The number of rotatable bonds is 8. The number of nitrogens with zero attached hydrogens (tertiary/aromatic N) is 4. The van der Waals surface area contributed by atoms with Crippen molar-refractivity contribution in [1.29, 1.82) is 0 Å². The van der Waals surface area contributed by atoms with Crippen LogP contribution < -0.4 is 26.4 Å². The van der Waals surface area contributed by atoms with Crippen molar-refractivity contribution < 1.29 is 24.1 Å². The molecule has 3 heterocycles. The summed E-state index contributed by atoms with van der Waals surface area (Å²) in [5, 5.41) is 25.7. The molecule has 2 aromatic carbocycles. The van der Waals surface area contributed by atoms with Crippen LogP contribution in [0.4, 0.5) is 38.9 Å². The summed E-state index contributed by atoms with van der Waals surface area (Å²) in [5.74, 6) is -1.02. The minimum Gasteiger partial charge on any atom is -0.508 e. The van der Waals surface area contributed by atoms with Crippen molar-refractivity contribution in [2.24, 2.45) is 0 Å². The van der Waals surface area contributed by atoms with Crippen LogP contribution in [-0.4, -0.2) is 57.4 Å². The summed E-state index contributed by atoms with van der Waals surface area (Å²) in [7, 11) is 0. The quantitative estimate of drug-likeness (QED) is 0.185. The molecule has 6 N–H and O–H groups in total. The predicted molar refractivity (Wildman–Crippen MR) is 143 cm³/mol. The summed E-state index contributed by atoms with van der Waals surface area (Å²) >= 11 is 0. The number of hydrogen-bond donors (Lipinski definition) is 6. The van der Waals surface area contributed by atoms with Crippen molar-refractivity contribution in [3.63, 3.8) is 0 Å². The predicted octanol–water partition coefficient (Wildman–Crippen LogP) is 3.50. The smallest absolute Gasteiger partial charge is 0.288 e. The van der Waals surface area contributed by atoms with Gasteiger partial charge < -0.3 is 30.5 Å². The minimum atomic E-state index is -0.557. The van der Waals surface area contributed by atoms with Gasteiger partial charge in [0, 0.05) is 48.4 Å². The van der Waals surface area contributed by atoms with Gasteiger partial charge in [0.05, 0.1) is 31.3 Å². The molecule has 1 aliphatic heterocycles. The summed E-state index contributed by atoms with van der Waals surface area (Å²) in [6.45, 7) is 1.97. The third kappa shape index (κ3) is 6.59. The van der Waals surface area contributed by atoms with Gasteiger partial charge in [-0.15, -0.1) is 0 Å². The maximum Gasteiger partial charge on any atom is 0.288 e. The highest BCUT2D eigenvalue weighted by Crippen LogP contribution is 2.28. The molecular weight excluding hydrogens is 507 g/mol. The largest absolute Gasteiger partial charge is 0.508 e. The van der Waals surface area contributed by atoms with E-state index in [4.69, 9.17) is 4.74 Å². The number of pyridine rings is 1. The fourth-order valence-electron chi connectivity index (χ4n) is 3.87. The molecule has 2 aromatic heterocycles. The number of aromatic nitrogens is 3. The van der Waals surface area contributed by atoms with Gasteiger partial charge in [-0.2, -0.15) is 4.98 Å². The number of ether oxygens (including phenoxy) is 1. The fraction of sp³-hybridized carbons (Fsp3) is 0.154. The SMILES string of the molecule is O=C(NNc1ncc(F)c(N2CCOCC2)n1)c1ccc(Nc2cccc(Nc3cc(O)cc(O)c3)c2)cn1. The van der Waals surface area contributed by atoms with Crippen LogP contribution in [0.1, 0.15) is 10.5 Å². The molecule has 0 atom stereocenters. The Balaban J connectivity index is 1.18. The molecule has 1 saturated heterocycles. The second-order valence-corrected chi connectivity index (χ2v) is 8.54. The lowest BCUT2D eigenvalue weighted by molar-refractivity contribution is 0.0957. The molecule has 5 rings (SSSR count). The standard InChI is InChI=1S/C26H25FN8O4/c27-22-15-29-26(32-24(22)35-6-8-39-9-7-35)34-33-25(38)23-5-4-18(14-28-23)30-16-2-1-3-17(10-16)31-19-11-20(36)13-21(37)12-19/h1-5,10-15,30-31,36-37H,6-9H2,(H,33,38)(H,29,32,34). The zero-order valence-electron chi connectivity index (χ0n) is 20.6. The van der Waals surface area contributed by atoms with Crippen LogP contribution in [0, 0.1) is 5.82 Å². The summed E-state index contributed by atoms with van der Waals surface area (Å²) in [6, 6.07) is 14.8. The Kier molecular flexibility index (Phi) is 7.50. The van der Waals surface area contributed by atoms with Crippen LogP contribution >= 0.6 is 0 Å². The van der Waals surface area contributed by atoms with Crippen LogP contribution in [0.5, 0.6) is 11.5 Å². The van der Waals surface area contributed by atoms with Gasteiger partial charge in [-0.3, -0.25) is 15.6 Å². The van der Waals surface area contributed by atoms with Gasteiger partial charge in [0.1, 0.15) is 17.2 Å². The number of phenolic OH excluding ortho intramolecular Hbond substituents is 2. The topological polar surface area (TPSA) is 157 Å². The number of halogens is 1. The summed E-state index contributed by atoms with van der Waals surface area (Å²) in [6.07, 6.45) is 2.55. The number of aromatic hydroxyl groups is 2. The molecule has 0 saturated carbocycles. The summed E-state index contributed by atoms with van der Waals surface area (Å²) in [4.78, 5) is 26.5. The van der Waals surface area contributed by atoms with Crippen molar-refractivity contribution in [3.8, 4) is 11.5 Å². The zero-order chi connectivity index (χ0) is 27.2. The Bertz CT molecular complexity index is 1440. The normalized spacial score (nSPS) is 13.0. The van der Waals surface area contributed by atoms with E-state index in [9.17, 15) is 19.4 Å². The summed E-state index contributed by atoms with van der Waals surface area (Å²) < 4.78 is 19.5. The maximum absolute atomic E-state index is 14.2. The van der Waals surface area contributed by atoms with E-state index >= 15 is 0 Å². The van der Waals surface area contributed by atoms with E-state index in [1.165, 1.54) is 24.4 Å². The highest BCUT2D eigenvalue weighted by atomic mass is 19.1. The second-order valence-electron chi connectivity index (χ2n) is 8.54. The maximum atomic E-state index is 14.2. The molecule has 12 nitrogen and oxygen atoms in total. The number of anilines is 6. The van der Waals surface area contributed by atoms with Gasteiger partial charge in [0.25, 0.3) is 5.91 Å². The van der Waals surface area contributed by atoms with Gasteiger partial charge in [-0.1, -0.05) is 6.07 Å². The van der Waals surface area contributed by atoms with Crippen molar-refractivity contribution in [2.75, 3.05) is 47.3 Å². The molecule has 0 spiro atoms. The molecular formula is C26H25FN8O4. The molecule has 0 bridgehead atoms. The van der Waals surface area contributed by atoms with E-state index in [1.807, 2.05) is 24.3 Å². The Morgan fingerprint density at radius 2 is 1.59 bits per heavy atom. The number of carbonyl (C=O) groups is 1. The number of morpholine rings is 1. The lowest BCUT2D eigenvalue weighted by atomic mass is 10.2. The number of hydrazine groups is 1. The first kappa shape index (κ1) is 25.5. The highest BCUT2D eigenvalue weighted by molar-refractivity contribution is 5.93. The number of phenols is 2. The van der Waals surface area contributed by atoms with Gasteiger partial charge in [-0.05, 0) is 30.3 Å². The van der Waals surface area contributed by atoms with Gasteiger partial charge in [0.2, 0.25) is 5.95 Å². The molecule has 1 aliphatic rings. The van der Waals surface area contributed by atoms with Crippen molar-refractivity contribution >= 4 is 40.4 Å². The molecule has 1 fully saturated rings. The Morgan fingerprint density at radius 3 is 2.28 bits per heavy atom. The fourth-order valence-corrected chi connectivity index (χ4v) is 3.87. The average Bonchev–Trinajstić information content (AvgIpc) is 2.93. The third-order valence-electron chi connectivity index (χ3n) is 5.66. The second kappa shape index (κ2) is 11.5. The molecule has 200 valence electrons. The number of nitrogens with one attached hydrogen (secondary N) is 4. The van der Waals surface area contributed by atoms with Crippen LogP contribution in [0.3, 0.4) is 0 Å². The van der Waals surface area contributed by atoms with E-state index in [0.717, 1.165) is 17.6 Å². The monoisotopic (exact) mass is 532 g/mol. The van der Waals surface area contributed by atoms with Gasteiger partial charge in [-0.25, -0.2) is 14.4 Å². The van der Waals surface area contributed by atoms with E-state index in [1.54, 1.807) is 17.0 Å². The van der Waals surface area contributed by atoms with Gasteiger partial charge >= 0.3 is 0 Å². The average molecular weight is 533 g/mol. The van der Waals surface area contributed by atoms with E-state index in [2.05, 4.69) is 36.4 Å². The lowest BCUT2D eigenvalue weighted by Gasteiger charge is -2.28. The summed E-state index contributed by atoms with van der Waals surface area (Å²) in [5.41, 5.74) is 7.84. The molecule has 0 unspecified atom stereocenters. The van der Waals surface area contributed by atoms with Crippen LogP contribution in [-0.2, 0) is 4.74 Å². The number of benzene rings is 2. The Morgan fingerprint density at radius 1 is 0.872 bits per heavy atom. The van der Waals surface area contributed by atoms with Crippen LogP contribution in [0.25, 0.3) is 0 Å². The Labute approximate surface area is 222 Å². The van der Waals surface area contributed by atoms with E-state index < -0.39 is 11.7 Å². The van der Waals surface area contributed by atoms with Crippen molar-refractivity contribution in [1.82, 2.24) is 20.4 Å². The molecule has 1 amide bonds. The Hall–Kier alpha value is -5.17. The van der Waals surface area contributed by atoms with Gasteiger partial charge in [0.15, 0.2) is 11.6 Å². The van der Waals surface area contributed by atoms with Crippen LogP contribution in [0.15, 0.2) is 67.0 Å². The molecule has 13 heteroatoms. The van der Waals surface area contributed by atoms with Crippen molar-refractivity contribution in [3.05, 3.63) is 78.5 Å². The third-order valence-corrected chi connectivity index (χ3v) is 5.66. The number of hydrogen-bond acceptors (Lipinski definition) is 11. The molecule has 4 aromatic rings. The molecule has 0 radical (unpaired) electrons. The first-order chi connectivity index (χ1) is 18.9. The zero-order valence-corrected chi connectivity index (χ0v) is 20.6. The highest BCUT2D eigenvalue weighted by Gasteiger charge is 2.18. The van der Waals surface area contributed by atoms with Crippen LogP contribution in [0.2, 0.25) is 0 Å². The minimum absolute atomic E-state index is 0.0407. The first-order valence-electron chi connectivity index (χ1n) is 12.0. The molecule has 39 heavy (non-hydrogen) atoms. The number of amides is 1. The number of carbonyl (C=O) groups excluding carboxylic acids is 1. The van der Waals surface area contributed by atoms with E-state index in [-0.39, 0.29) is 29.0 Å². The molecule has 0 aliphatic carbocycles. The first-order valence-corrected chi connectivity index (χ1v) is 12.0. The van der Waals surface area contributed by atoms with Crippen molar-refractivity contribution in [2.45, 2.75) is 0 Å². The lowest BCUT2D eigenvalue weighted by Crippen LogP contribution is -2.38. The van der Waals surface area contributed by atoms with E-state index in [0.29, 0.717) is 37.7 Å².